The third-order valence-electron chi connectivity index (χ3n) is 3.05. The van der Waals surface area contributed by atoms with Crippen LogP contribution in [0.2, 0.25) is 0 Å². The molecule has 0 unspecified atom stereocenters. The SMILES string of the molecule is O=C(Nc1ccc2occ(O)c(=O)c2c1)c1ccccc1. The van der Waals surface area contributed by atoms with Crippen LogP contribution in [-0.4, -0.2) is 11.0 Å². The van der Waals surface area contributed by atoms with E-state index >= 15 is 0 Å². The summed E-state index contributed by atoms with van der Waals surface area (Å²) in [7, 11) is 0. The molecule has 5 heteroatoms. The van der Waals surface area contributed by atoms with Crippen LogP contribution in [0.5, 0.6) is 5.75 Å². The Hall–Kier alpha value is -3.08. The van der Waals surface area contributed by atoms with Crippen molar-refractivity contribution in [1.82, 2.24) is 0 Å². The van der Waals surface area contributed by atoms with E-state index in [9.17, 15) is 14.7 Å². The van der Waals surface area contributed by atoms with E-state index < -0.39 is 11.2 Å². The molecule has 0 aliphatic rings. The Bertz CT molecular complexity index is 868. The van der Waals surface area contributed by atoms with Gasteiger partial charge in [0.1, 0.15) is 11.8 Å². The first-order valence-corrected chi connectivity index (χ1v) is 6.26. The summed E-state index contributed by atoms with van der Waals surface area (Å²) in [4.78, 5) is 23.9. The zero-order chi connectivity index (χ0) is 14.8. The van der Waals surface area contributed by atoms with Gasteiger partial charge in [-0.05, 0) is 30.3 Å². The second kappa shape index (κ2) is 5.13. The quantitative estimate of drug-likeness (QED) is 0.757. The predicted octanol–water partition coefficient (Wildman–Crippen LogP) is 2.75. The number of nitrogens with one attached hydrogen (secondary N) is 1. The first-order valence-electron chi connectivity index (χ1n) is 6.26. The number of hydrogen-bond acceptors (Lipinski definition) is 4. The maximum absolute atomic E-state index is 12.0. The van der Waals surface area contributed by atoms with E-state index in [1.807, 2.05) is 6.07 Å². The fraction of sp³-hybridized carbons (Fsp3) is 0. The predicted molar refractivity (Wildman–Crippen MR) is 78.5 cm³/mol. The van der Waals surface area contributed by atoms with Crippen molar-refractivity contribution < 1.29 is 14.3 Å². The van der Waals surface area contributed by atoms with Crippen molar-refractivity contribution in [3.05, 3.63) is 70.6 Å². The number of carbonyl (C=O) groups excluding carboxylic acids is 1. The molecule has 0 saturated heterocycles. The third-order valence-corrected chi connectivity index (χ3v) is 3.05. The van der Waals surface area contributed by atoms with Gasteiger partial charge in [0, 0.05) is 11.3 Å². The summed E-state index contributed by atoms with van der Waals surface area (Å²) < 4.78 is 5.11. The summed E-state index contributed by atoms with van der Waals surface area (Å²) in [6, 6.07) is 13.4. The summed E-state index contributed by atoms with van der Waals surface area (Å²) >= 11 is 0. The average molecular weight is 281 g/mol. The van der Waals surface area contributed by atoms with Crippen molar-refractivity contribution in [2.45, 2.75) is 0 Å². The molecule has 0 spiro atoms. The van der Waals surface area contributed by atoms with E-state index in [1.54, 1.807) is 36.4 Å². The summed E-state index contributed by atoms with van der Waals surface area (Å²) in [6.45, 7) is 0. The lowest BCUT2D eigenvalue weighted by atomic mass is 10.2. The number of hydrogen-bond donors (Lipinski definition) is 2. The normalized spacial score (nSPS) is 10.5. The van der Waals surface area contributed by atoms with Crippen LogP contribution in [0.3, 0.4) is 0 Å². The van der Waals surface area contributed by atoms with Gasteiger partial charge in [-0.1, -0.05) is 18.2 Å². The highest BCUT2D eigenvalue weighted by molar-refractivity contribution is 6.05. The second-order valence-electron chi connectivity index (χ2n) is 4.48. The average Bonchev–Trinajstić information content (AvgIpc) is 2.52. The third kappa shape index (κ3) is 2.49. The van der Waals surface area contributed by atoms with E-state index in [2.05, 4.69) is 5.32 Å². The van der Waals surface area contributed by atoms with Gasteiger partial charge < -0.3 is 14.8 Å². The van der Waals surface area contributed by atoms with Crippen molar-refractivity contribution in [2.24, 2.45) is 0 Å². The molecule has 3 rings (SSSR count). The molecule has 1 amide bonds. The highest BCUT2D eigenvalue weighted by Gasteiger charge is 2.09. The number of benzene rings is 2. The lowest BCUT2D eigenvalue weighted by molar-refractivity contribution is 0.102. The molecular weight excluding hydrogens is 270 g/mol. The van der Waals surface area contributed by atoms with Crippen molar-refractivity contribution in [1.29, 1.82) is 0 Å². The minimum absolute atomic E-state index is 0.209. The Kier molecular flexibility index (Phi) is 3.16. The first kappa shape index (κ1) is 12.9. The molecule has 3 aromatic rings. The molecule has 1 heterocycles. The highest BCUT2D eigenvalue weighted by atomic mass is 16.3. The van der Waals surface area contributed by atoms with Crippen LogP contribution < -0.4 is 10.7 Å². The Labute approximate surface area is 119 Å². The standard InChI is InChI=1S/C16H11NO4/c18-13-9-21-14-7-6-11(8-12(14)15(13)19)17-16(20)10-4-2-1-3-5-10/h1-9,18H,(H,17,20). The van der Waals surface area contributed by atoms with Crippen molar-refractivity contribution in [2.75, 3.05) is 5.32 Å². The van der Waals surface area contributed by atoms with E-state index in [4.69, 9.17) is 4.42 Å². The molecule has 21 heavy (non-hydrogen) atoms. The number of amides is 1. The lowest BCUT2D eigenvalue weighted by Gasteiger charge is -2.06. The topological polar surface area (TPSA) is 79.5 Å². The lowest BCUT2D eigenvalue weighted by Crippen LogP contribution is -2.12. The summed E-state index contributed by atoms with van der Waals surface area (Å²) in [5, 5.41) is 12.3. The summed E-state index contributed by atoms with van der Waals surface area (Å²) in [6.07, 6.45) is 0.993. The largest absolute Gasteiger partial charge is 0.502 e. The van der Waals surface area contributed by atoms with E-state index in [1.165, 1.54) is 6.07 Å². The Morgan fingerprint density at radius 1 is 1.10 bits per heavy atom. The number of aromatic hydroxyl groups is 1. The summed E-state index contributed by atoms with van der Waals surface area (Å²) in [5.41, 5.74) is 0.775. The molecule has 0 radical (unpaired) electrons. The van der Waals surface area contributed by atoms with Gasteiger partial charge in [-0.3, -0.25) is 9.59 Å². The Morgan fingerprint density at radius 3 is 2.62 bits per heavy atom. The molecule has 104 valence electrons. The van der Waals surface area contributed by atoms with E-state index in [-0.39, 0.29) is 11.3 Å². The number of rotatable bonds is 2. The molecule has 0 atom stereocenters. The van der Waals surface area contributed by atoms with Crippen molar-refractivity contribution in [3.63, 3.8) is 0 Å². The van der Waals surface area contributed by atoms with Gasteiger partial charge >= 0.3 is 0 Å². The molecule has 2 aromatic carbocycles. The van der Waals surface area contributed by atoms with E-state index in [0.717, 1.165) is 6.26 Å². The van der Waals surface area contributed by atoms with Gasteiger partial charge in [-0.25, -0.2) is 0 Å². The first-order chi connectivity index (χ1) is 10.1. The molecule has 2 N–H and O–H groups in total. The van der Waals surface area contributed by atoms with Gasteiger partial charge in [-0.2, -0.15) is 0 Å². The molecule has 0 aliphatic carbocycles. The molecule has 0 aliphatic heterocycles. The van der Waals surface area contributed by atoms with Crippen LogP contribution in [0.1, 0.15) is 10.4 Å². The van der Waals surface area contributed by atoms with Crippen molar-refractivity contribution in [3.8, 4) is 5.75 Å². The molecule has 0 fully saturated rings. The Morgan fingerprint density at radius 2 is 1.86 bits per heavy atom. The second-order valence-corrected chi connectivity index (χ2v) is 4.48. The van der Waals surface area contributed by atoms with Crippen LogP contribution in [0.4, 0.5) is 5.69 Å². The zero-order valence-corrected chi connectivity index (χ0v) is 10.9. The molecule has 0 saturated carbocycles. The molecule has 1 aromatic heterocycles. The maximum Gasteiger partial charge on any atom is 0.255 e. The monoisotopic (exact) mass is 281 g/mol. The molecular formula is C16H11NO4. The van der Waals surface area contributed by atoms with E-state index in [0.29, 0.717) is 16.8 Å². The van der Waals surface area contributed by atoms with Crippen molar-refractivity contribution >= 4 is 22.6 Å². The minimum Gasteiger partial charge on any atom is -0.502 e. The Balaban J connectivity index is 1.97. The van der Waals surface area contributed by atoms with Crippen LogP contribution in [0, 0.1) is 0 Å². The van der Waals surface area contributed by atoms with Crippen LogP contribution in [0.15, 0.2) is 64.0 Å². The number of fused-ring (bicyclic) bond motifs is 1. The van der Waals surface area contributed by atoms with Crippen LogP contribution >= 0.6 is 0 Å². The zero-order valence-electron chi connectivity index (χ0n) is 10.9. The van der Waals surface area contributed by atoms with Gasteiger partial charge in [-0.15, -0.1) is 0 Å². The summed E-state index contributed by atoms with van der Waals surface area (Å²) in [5.74, 6) is -0.742. The fourth-order valence-corrected chi connectivity index (χ4v) is 1.99. The molecule has 0 bridgehead atoms. The van der Waals surface area contributed by atoms with Gasteiger partial charge in [0.15, 0.2) is 5.75 Å². The number of anilines is 1. The maximum atomic E-state index is 12.0. The number of carbonyl (C=O) groups is 1. The van der Waals surface area contributed by atoms with Gasteiger partial charge in [0.2, 0.25) is 5.43 Å². The van der Waals surface area contributed by atoms with Crippen LogP contribution in [-0.2, 0) is 0 Å². The highest BCUT2D eigenvalue weighted by Crippen LogP contribution is 2.19. The molecule has 5 nitrogen and oxygen atoms in total. The van der Waals surface area contributed by atoms with Gasteiger partial charge in [0.25, 0.3) is 5.91 Å². The smallest absolute Gasteiger partial charge is 0.255 e. The van der Waals surface area contributed by atoms with Crippen LogP contribution in [0.25, 0.3) is 11.0 Å². The minimum atomic E-state index is -0.535. The fourth-order valence-electron chi connectivity index (χ4n) is 1.99. The van der Waals surface area contributed by atoms with Gasteiger partial charge in [0.05, 0.1) is 5.39 Å².